The van der Waals surface area contributed by atoms with E-state index in [1.54, 1.807) is 0 Å². The summed E-state index contributed by atoms with van der Waals surface area (Å²) in [5, 5.41) is 0.111. The fourth-order valence-corrected chi connectivity index (χ4v) is 3.20. The van der Waals surface area contributed by atoms with Gasteiger partial charge in [-0.3, -0.25) is 4.98 Å². The fraction of sp³-hybridized carbons (Fsp3) is 0.150. The first-order valence-electron chi connectivity index (χ1n) is 8.42. The molecule has 2 heterocycles. The maximum Gasteiger partial charge on any atom is 0.429 e. The van der Waals surface area contributed by atoms with Crippen molar-refractivity contribution in [3.05, 3.63) is 64.8 Å². The topological polar surface area (TPSA) is 31.4 Å². The van der Waals surface area contributed by atoms with Gasteiger partial charge < -0.3 is 9.47 Å². The Morgan fingerprint density at radius 3 is 2.47 bits per heavy atom. The molecule has 10 heteroatoms. The number of hydrogen-bond donors (Lipinski definition) is 0. The van der Waals surface area contributed by atoms with Crippen molar-refractivity contribution in [3.63, 3.8) is 0 Å². The van der Waals surface area contributed by atoms with E-state index in [9.17, 15) is 26.3 Å². The fourth-order valence-electron chi connectivity index (χ4n) is 2.99. The van der Waals surface area contributed by atoms with Gasteiger partial charge >= 0.3 is 12.4 Å². The van der Waals surface area contributed by atoms with E-state index in [0.29, 0.717) is 5.56 Å². The van der Waals surface area contributed by atoms with E-state index in [0.717, 1.165) is 18.3 Å². The van der Waals surface area contributed by atoms with Gasteiger partial charge in [0.1, 0.15) is 17.2 Å². The average Bonchev–Trinajstić information content (AvgIpc) is 2.66. The Morgan fingerprint density at radius 2 is 1.77 bits per heavy atom. The maximum absolute atomic E-state index is 13.2. The largest absolute Gasteiger partial charge is 0.476 e. The molecule has 1 unspecified atom stereocenters. The Morgan fingerprint density at radius 1 is 1.00 bits per heavy atom. The van der Waals surface area contributed by atoms with E-state index in [2.05, 4.69) is 4.98 Å². The third-order valence-corrected chi connectivity index (χ3v) is 4.64. The zero-order valence-corrected chi connectivity index (χ0v) is 15.4. The van der Waals surface area contributed by atoms with Crippen molar-refractivity contribution < 1.29 is 35.8 Å². The number of para-hydroxylation sites is 1. The lowest BCUT2D eigenvalue weighted by molar-refractivity contribution is -0.180. The maximum atomic E-state index is 13.2. The molecule has 0 saturated heterocycles. The van der Waals surface area contributed by atoms with Crippen LogP contribution in [0.4, 0.5) is 26.3 Å². The van der Waals surface area contributed by atoms with E-state index in [1.165, 1.54) is 36.4 Å². The summed E-state index contributed by atoms with van der Waals surface area (Å²) in [7, 11) is 0. The number of pyridine rings is 1. The predicted molar refractivity (Wildman–Crippen MR) is 97.8 cm³/mol. The minimum atomic E-state index is -4.62. The summed E-state index contributed by atoms with van der Waals surface area (Å²) in [6, 6.07) is 7.33. The summed E-state index contributed by atoms with van der Waals surface area (Å²) in [5.74, 6) is -0.184. The van der Waals surface area contributed by atoms with Gasteiger partial charge in [0, 0.05) is 23.2 Å². The molecule has 0 saturated carbocycles. The number of nitrogens with zero attached hydrogens (tertiary/aromatic N) is 1. The highest BCUT2D eigenvalue weighted by atomic mass is 35.5. The lowest BCUT2D eigenvalue weighted by atomic mass is 10.1. The van der Waals surface area contributed by atoms with Crippen molar-refractivity contribution in [1.29, 1.82) is 0 Å². The summed E-state index contributed by atoms with van der Waals surface area (Å²) < 4.78 is 89.2. The normalized spacial score (nSPS) is 16.3. The van der Waals surface area contributed by atoms with Crippen molar-refractivity contribution >= 4 is 28.6 Å². The second-order valence-electron chi connectivity index (χ2n) is 6.37. The van der Waals surface area contributed by atoms with Crippen LogP contribution in [-0.2, 0) is 6.18 Å². The molecule has 156 valence electrons. The molecule has 30 heavy (non-hydrogen) atoms. The van der Waals surface area contributed by atoms with Crippen molar-refractivity contribution in [2.45, 2.75) is 18.5 Å². The Hall–Kier alpha value is -2.94. The summed E-state index contributed by atoms with van der Waals surface area (Å²) in [6.07, 6.45) is -8.14. The Labute approximate surface area is 170 Å². The molecule has 0 spiro atoms. The van der Waals surface area contributed by atoms with Crippen LogP contribution in [0.25, 0.3) is 17.0 Å². The van der Waals surface area contributed by atoms with E-state index in [4.69, 9.17) is 21.1 Å². The molecular weight excluding hydrogens is 436 g/mol. The number of alkyl halides is 6. The second-order valence-corrected chi connectivity index (χ2v) is 6.78. The molecule has 1 aliphatic heterocycles. The molecule has 1 aliphatic rings. The van der Waals surface area contributed by atoms with Crippen LogP contribution < -0.4 is 9.47 Å². The first-order chi connectivity index (χ1) is 14.0. The number of fused-ring (bicyclic) bond motifs is 2. The lowest BCUT2D eigenvalue weighted by Crippen LogP contribution is -2.33. The molecule has 0 radical (unpaired) electrons. The third kappa shape index (κ3) is 3.77. The Kier molecular flexibility index (Phi) is 4.80. The smallest absolute Gasteiger partial charge is 0.429 e. The lowest BCUT2D eigenvalue weighted by Gasteiger charge is -2.24. The minimum Gasteiger partial charge on any atom is -0.476 e. The third-order valence-electron chi connectivity index (χ3n) is 4.35. The number of aromatic nitrogens is 1. The van der Waals surface area contributed by atoms with Gasteiger partial charge in [-0.25, -0.2) is 0 Å². The molecule has 0 bridgehead atoms. The van der Waals surface area contributed by atoms with Gasteiger partial charge in [0.25, 0.3) is 0 Å². The minimum absolute atomic E-state index is 0.00618. The van der Waals surface area contributed by atoms with Crippen LogP contribution in [0.2, 0.25) is 5.02 Å². The zero-order chi connectivity index (χ0) is 21.7. The molecule has 4 rings (SSSR count). The predicted octanol–water partition coefficient (Wildman–Crippen LogP) is 7.04. The number of halogens is 7. The molecule has 0 fully saturated rings. The monoisotopic (exact) mass is 445 g/mol. The van der Waals surface area contributed by atoms with Gasteiger partial charge in [-0.2, -0.15) is 26.3 Å². The summed E-state index contributed by atoms with van der Waals surface area (Å²) in [5.41, 5.74) is -0.955. The van der Waals surface area contributed by atoms with Crippen LogP contribution in [-0.4, -0.2) is 17.3 Å². The molecule has 3 aromatic rings. The van der Waals surface area contributed by atoms with E-state index in [1.807, 2.05) is 0 Å². The van der Waals surface area contributed by atoms with Crippen LogP contribution in [0.3, 0.4) is 0 Å². The first kappa shape index (κ1) is 20.3. The molecule has 0 N–H and O–H groups in total. The molecular formula is C20H10ClF6NO2. The summed E-state index contributed by atoms with van der Waals surface area (Å²) in [4.78, 5) is 3.79. The standard InChI is InChI=1S/C20H10ClF6NO2/c21-13-8-10-4-5-17(20(25,26)27)30-15(10)9-16(13)29-14-6-7-28-18-11(14)2-1-3-12(18)19(22,23)24/h1-9,17H. The van der Waals surface area contributed by atoms with Gasteiger partial charge in [0.2, 0.25) is 6.10 Å². The van der Waals surface area contributed by atoms with Gasteiger partial charge in [0.05, 0.1) is 16.1 Å². The van der Waals surface area contributed by atoms with E-state index < -0.39 is 24.0 Å². The van der Waals surface area contributed by atoms with Gasteiger partial charge in [0.15, 0.2) is 0 Å². The first-order valence-corrected chi connectivity index (χ1v) is 8.80. The highest BCUT2D eigenvalue weighted by Gasteiger charge is 2.41. The molecule has 2 aromatic carbocycles. The number of rotatable bonds is 2. The number of ether oxygens (including phenoxy) is 2. The summed E-state index contributed by atoms with van der Waals surface area (Å²) in [6.45, 7) is 0. The Bertz CT molecular complexity index is 1160. The van der Waals surface area contributed by atoms with Crippen LogP contribution in [0.1, 0.15) is 11.1 Å². The van der Waals surface area contributed by atoms with Crippen molar-refractivity contribution in [2.75, 3.05) is 0 Å². The number of benzene rings is 2. The highest BCUT2D eigenvalue weighted by Crippen LogP contribution is 2.42. The molecule has 0 amide bonds. The second kappa shape index (κ2) is 7.09. The van der Waals surface area contributed by atoms with Gasteiger partial charge in [-0.15, -0.1) is 0 Å². The summed E-state index contributed by atoms with van der Waals surface area (Å²) >= 11 is 6.16. The van der Waals surface area contributed by atoms with Crippen molar-refractivity contribution in [1.82, 2.24) is 4.98 Å². The molecule has 1 atom stereocenters. The zero-order valence-electron chi connectivity index (χ0n) is 14.7. The van der Waals surface area contributed by atoms with Crippen LogP contribution in [0.15, 0.2) is 48.7 Å². The quantitative estimate of drug-likeness (QED) is 0.397. The van der Waals surface area contributed by atoms with Gasteiger partial charge in [-0.05, 0) is 30.3 Å². The SMILES string of the molecule is FC(F)(F)c1cccc2c(Oc3cc4c(cc3Cl)C=CC(C(F)(F)F)O4)ccnc12. The van der Waals surface area contributed by atoms with E-state index in [-0.39, 0.29) is 33.2 Å². The molecule has 1 aromatic heterocycles. The number of hydrogen-bond acceptors (Lipinski definition) is 3. The van der Waals surface area contributed by atoms with Crippen LogP contribution >= 0.6 is 11.6 Å². The van der Waals surface area contributed by atoms with Crippen LogP contribution in [0.5, 0.6) is 17.2 Å². The average molecular weight is 446 g/mol. The molecule has 3 nitrogen and oxygen atoms in total. The van der Waals surface area contributed by atoms with Crippen molar-refractivity contribution in [3.8, 4) is 17.2 Å². The Balaban J connectivity index is 1.74. The highest BCUT2D eigenvalue weighted by molar-refractivity contribution is 6.32. The van der Waals surface area contributed by atoms with Crippen LogP contribution in [0, 0.1) is 0 Å². The van der Waals surface area contributed by atoms with Gasteiger partial charge in [-0.1, -0.05) is 23.7 Å². The van der Waals surface area contributed by atoms with Crippen molar-refractivity contribution in [2.24, 2.45) is 0 Å². The molecule has 0 aliphatic carbocycles. The van der Waals surface area contributed by atoms with E-state index >= 15 is 0 Å².